The Morgan fingerprint density at radius 1 is 0.818 bits per heavy atom. The Morgan fingerprint density at radius 3 is 1.27 bits per heavy atom. The van der Waals surface area contributed by atoms with Gasteiger partial charge < -0.3 is 36.3 Å². The molecule has 0 radical (unpaired) electrons. The normalized spacial score (nSPS) is 6.55. The van der Waals surface area contributed by atoms with Gasteiger partial charge in [0.1, 0.15) is 0 Å². The smallest absolute Gasteiger partial charge is 1.00 e. The predicted octanol–water partition coefficient (Wildman–Crippen LogP) is -2.94. The molecule has 0 bridgehead atoms. The maximum atomic E-state index is 7.03. The van der Waals surface area contributed by atoms with Crippen LogP contribution in [-0.2, 0) is 21.1 Å². The largest absolute Gasteiger partial charge is 4.00 e. The summed E-state index contributed by atoms with van der Waals surface area (Å²) in [6.07, 6.45) is 0. The van der Waals surface area contributed by atoms with Gasteiger partial charge in [0.05, 0.1) is 0 Å². The van der Waals surface area contributed by atoms with Crippen LogP contribution >= 0.6 is 0 Å². The molecular formula is C6H6Cl2N2Pt. The summed E-state index contributed by atoms with van der Waals surface area (Å²) in [6, 6.07) is 6.70. The van der Waals surface area contributed by atoms with Crippen molar-refractivity contribution < 1.29 is 45.9 Å². The summed E-state index contributed by atoms with van der Waals surface area (Å²) >= 11 is 0. The van der Waals surface area contributed by atoms with Crippen LogP contribution in [-0.4, -0.2) is 0 Å². The first kappa shape index (κ1) is 17.2. The molecule has 1 aromatic rings. The van der Waals surface area contributed by atoms with Gasteiger partial charge in [-0.3, -0.25) is 0 Å². The monoisotopic (exact) mass is 371 g/mol. The number of hydrogen-bond acceptors (Lipinski definition) is 0. The van der Waals surface area contributed by atoms with Gasteiger partial charge >= 0.3 is 21.1 Å². The van der Waals surface area contributed by atoms with Gasteiger partial charge in [0.2, 0.25) is 0 Å². The molecule has 0 saturated heterocycles. The third-order valence-electron chi connectivity index (χ3n) is 0.927. The summed E-state index contributed by atoms with van der Waals surface area (Å²) in [5.41, 5.74) is 14.6. The van der Waals surface area contributed by atoms with E-state index in [0.717, 1.165) is 0 Å². The van der Waals surface area contributed by atoms with Crippen LogP contribution in [0.1, 0.15) is 0 Å². The third kappa shape index (κ3) is 5.37. The zero-order valence-electron chi connectivity index (χ0n) is 5.38. The molecule has 0 spiro atoms. The second kappa shape index (κ2) is 8.19. The molecule has 0 fully saturated rings. The molecular weight excluding hydrogens is 366 g/mol. The maximum absolute atomic E-state index is 7.03. The molecule has 0 atom stereocenters. The first-order chi connectivity index (χ1) is 3.80. The molecule has 0 aliphatic rings. The first-order valence-electron chi connectivity index (χ1n) is 2.33. The number of halogens is 2. The summed E-state index contributed by atoms with van der Waals surface area (Å²) < 4.78 is 0. The summed E-state index contributed by atoms with van der Waals surface area (Å²) in [7, 11) is 0. The maximum Gasteiger partial charge on any atom is 4.00 e. The van der Waals surface area contributed by atoms with Crippen molar-refractivity contribution >= 4 is 11.4 Å². The Labute approximate surface area is 92.8 Å². The summed E-state index contributed by atoms with van der Waals surface area (Å²) in [6.45, 7) is 0. The minimum Gasteiger partial charge on any atom is -1.00 e. The van der Waals surface area contributed by atoms with Gasteiger partial charge in [0.25, 0.3) is 0 Å². The second-order valence-electron chi connectivity index (χ2n) is 1.55. The van der Waals surface area contributed by atoms with Crippen molar-refractivity contribution in [1.82, 2.24) is 0 Å². The predicted molar refractivity (Wildman–Crippen MR) is 34.4 cm³/mol. The average Bonchev–Trinajstić information content (AvgIpc) is 1.77. The molecule has 5 heteroatoms. The van der Waals surface area contributed by atoms with Gasteiger partial charge in [0, 0.05) is 0 Å². The number of benzene rings is 1. The fraction of sp³-hybridized carbons (Fsp3) is 0. The molecule has 0 saturated carbocycles. The third-order valence-corrected chi connectivity index (χ3v) is 0.927. The second-order valence-corrected chi connectivity index (χ2v) is 1.55. The minimum atomic E-state index is 0. The topological polar surface area (TPSA) is 47.6 Å². The average molecular weight is 372 g/mol. The van der Waals surface area contributed by atoms with Crippen molar-refractivity contribution in [2.45, 2.75) is 0 Å². The fourth-order valence-electron chi connectivity index (χ4n) is 0.483. The summed E-state index contributed by atoms with van der Waals surface area (Å²) in [5, 5.41) is 0. The van der Waals surface area contributed by atoms with Crippen molar-refractivity contribution in [1.29, 1.82) is 0 Å². The van der Waals surface area contributed by atoms with Crippen molar-refractivity contribution in [3.8, 4) is 0 Å². The number of hydrogen-bond donors (Lipinski definition) is 0. The zero-order chi connectivity index (χ0) is 5.98. The van der Waals surface area contributed by atoms with Crippen LogP contribution in [0.25, 0.3) is 11.5 Å². The van der Waals surface area contributed by atoms with Crippen molar-refractivity contribution in [3.05, 3.63) is 35.7 Å². The van der Waals surface area contributed by atoms with E-state index >= 15 is 0 Å². The van der Waals surface area contributed by atoms with E-state index in [-0.39, 0.29) is 57.3 Å². The summed E-state index contributed by atoms with van der Waals surface area (Å²) in [5.74, 6) is 0. The zero-order valence-corrected chi connectivity index (χ0v) is 9.17. The van der Waals surface area contributed by atoms with Crippen molar-refractivity contribution in [2.75, 3.05) is 0 Å². The van der Waals surface area contributed by atoms with E-state index in [1.807, 2.05) is 0 Å². The van der Waals surface area contributed by atoms with E-state index in [1.54, 1.807) is 24.3 Å². The molecule has 0 aromatic heterocycles. The van der Waals surface area contributed by atoms with Crippen LogP contribution in [0.15, 0.2) is 24.3 Å². The van der Waals surface area contributed by atoms with Gasteiger partial charge in [-0.1, -0.05) is 24.3 Å². The Morgan fingerprint density at radius 2 is 1.09 bits per heavy atom. The molecule has 0 aliphatic heterocycles. The van der Waals surface area contributed by atoms with Gasteiger partial charge in [0.15, 0.2) is 0 Å². The molecule has 2 nitrogen and oxygen atoms in total. The first-order valence-corrected chi connectivity index (χ1v) is 2.33. The Kier molecular flexibility index (Phi) is 12.8. The molecule has 2 N–H and O–H groups in total. The van der Waals surface area contributed by atoms with Gasteiger partial charge in [-0.05, 0) is 0 Å². The molecule has 0 unspecified atom stereocenters. The van der Waals surface area contributed by atoms with E-state index in [1.165, 1.54) is 0 Å². The Bertz CT molecular complexity index is 175. The van der Waals surface area contributed by atoms with E-state index in [0.29, 0.717) is 0 Å². The molecule has 0 heterocycles. The van der Waals surface area contributed by atoms with Crippen LogP contribution in [0.4, 0.5) is 11.4 Å². The standard InChI is InChI=1S/C6H6N2.2ClH.Pt/c7-5-3-1-2-4-6(5)8;;;/h1-4,7-8H;2*1H;/q-2;;;+4/p-2. The van der Waals surface area contributed by atoms with Crippen molar-refractivity contribution in [3.63, 3.8) is 0 Å². The molecule has 0 amide bonds. The fourth-order valence-corrected chi connectivity index (χ4v) is 0.483. The number of rotatable bonds is 0. The Hall–Kier alpha value is 0.0883. The SMILES string of the molecule is [Cl-].[Cl-].[NH-]c1ccccc1[NH-].[Pt+4]. The molecule has 11 heavy (non-hydrogen) atoms. The van der Waals surface area contributed by atoms with Crippen LogP contribution < -0.4 is 24.8 Å². The summed E-state index contributed by atoms with van der Waals surface area (Å²) in [4.78, 5) is 0. The quantitative estimate of drug-likeness (QED) is 0.468. The molecule has 1 aromatic carbocycles. The Balaban J connectivity index is -0.000000213. The molecule has 1 rings (SSSR count). The van der Waals surface area contributed by atoms with Gasteiger partial charge in [-0.2, -0.15) is 11.4 Å². The van der Waals surface area contributed by atoms with Gasteiger partial charge in [-0.15, -0.1) is 0 Å². The van der Waals surface area contributed by atoms with Crippen LogP contribution in [0, 0.1) is 0 Å². The van der Waals surface area contributed by atoms with E-state index in [2.05, 4.69) is 0 Å². The minimum absolute atomic E-state index is 0. The molecule has 64 valence electrons. The van der Waals surface area contributed by atoms with E-state index in [9.17, 15) is 0 Å². The van der Waals surface area contributed by atoms with Gasteiger partial charge in [-0.25, -0.2) is 0 Å². The van der Waals surface area contributed by atoms with Crippen LogP contribution in [0.2, 0.25) is 0 Å². The van der Waals surface area contributed by atoms with Crippen LogP contribution in [0.5, 0.6) is 0 Å². The van der Waals surface area contributed by atoms with Crippen LogP contribution in [0.3, 0.4) is 0 Å². The van der Waals surface area contributed by atoms with E-state index < -0.39 is 0 Å². The van der Waals surface area contributed by atoms with Crippen molar-refractivity contribution in [2.24, 2.45) is 0 Å². The number of nitrogens with one attached hydrogen (secondary N) is 2. The van der Waals surface area contributed by atoms with E-state index in [4.69, 9.17) is 11.5 Å². The molecule has 0 aliphatic carbocycles.